The van der Waals surface area contributed by atoms with Gasteiger partial charge in [0.25, 0.3) is 5.91 Å². The van der Waals surface area contributed by atoms with Gasteiger partial charge in [0.15, 0.2) is 0 Å². The van der Waals surface area contributed by atoms with Crippen LogP contribution in [0.25, 0.3) is 0 Å². The second-order valence-corrected chi connectivity index (χ2v) is 6.27. The van der Waals surface area contributed by atoms with Gasteiger partial charge in [-0.1, -0.05) is 25.0 Å². The zero-order chi connectivity index (χ0) is 17.5. The minimum absolute atomic E-state index is 0.218. The van der Waals surface area contributed by atoms with Crippen LogP contribution >= 0.6 is 0 Å². The van der Waals surface area contributed by atoms with Crippen LogP contribution in [0, 0.1) is 0 Å². The fourth-order valence-corrected chi connectivity index (χ4v) is 3.33. The first-order valence-corrected chi connectivity index (χ1v) is 7.72. The molecule has 1 aliphatic carbocycles. The van der Waals surface area contributed by atoms with Gasteiger partial charge in [-0.3, -0.25) is 9.69 Å². The fraction of sp³-hybridized carbons (Fsp3) is 0.500. The molecule has 8 heteroatoms. The first-order chi connectivity index (χ1) is 11.2. The van der Waals surface area contributed by atoms with E-state index in [0.717, 1.165) is 42.0 Å². The molecule has 1 aromatic rings. The third-order valence-electron chi connectivity index (χ3n) is 4.68. The van der Waals surface area contributed by atoms with Crippen molar-refractivity contribution in [3.05, 3.63) is 35.4 Å². The molecular formula is C16H17F3N2O3. The number of hydrogen-bond donors (Lipinski definition) is 2. The minimum Gasteiger partial charge on any atom is -0.387 e. The normalized spacial score (nSPS) is 21.4. The molecule has 0 radical (unpaired) electrons. The van der Waals surface area contributed by atoms with E-state index in [2.05, 4.69) is 5.32 Å². The predicted octanol–water partition coefficient (Wildman–Crippen LogP) is 2.60. The van der Waals surface area contributed by atoms with Gasteiger partial charge in [-0.05, 0) is 30.5 Å². The zero-order valence-corrected chi connectivity index (χ0v) is 12.8. The van der Waals surface area contributed by atoms with E-state index in [1.165, 1.54) is 0 Å². The highest BCUT2D eigenvalue weighted by Crippen LogP contribution is 2.36. The molecule has 1 saturated carbocycles. The Morgan fingerprint density at radius 3 is 2.29 bits per heavy atom. The molecule has 24 heavy (non-hydrogen) atoms. The maximum atomic E-state index is 12.6. The largest absolute Gasteiger partial charge is 0.416 e. The topological polar surface area (TPSA) is 69.6 Å². The summed E-state index contributed by atoms with van der Waals surface area (Å²) in [6.07, 6.45) is -2.85. The average molecular weight is 342 g/mol. The molecule has 1 atom stereocenters. The molecule has 0 bridgehead atoms. The van der Waals surface area contributed by atoms with Gasteiger partial charge in [-0.15, -0.1) is 0 Å². The number of benzene rings is 1. The summed E-state index contributed by atoms with van der Waals surface area (Å²) in [5.41, 5.74) is -1.47. The van der Waals surface area contributed by atoms with Crippen LogP contribution in [0.4, 0.5) is 18.0 Å². The van der Waals surface area contributed by atoms with Crippen molar-refractivity contribution < 1.29 is 27.9 Å². The molecular weight excluding hydrogens is 325 g/mol. The molecule has 1 spiro atoms. The molecule has 1 aromatic carbocycles. The Kier molecular flexibility index (Phi) is 4.03. The number of carbonyl (C=O) groups is 2. The number of carbonyl (C=O) groups excluding carboxylic acids is 2. The number of amides is 3. The molecule has 1 aliphatic heterocycles. The van der Waals surface area contributed by atoms with Crippen LogP contribution in [0.5, 0.6) is 0 Å². The number of aliphatic hydroxyl groups excluding tert-OH is 1. The van der Waals surface area contributed by atoms with Gasteiger partial charge >= 0.3 is 12.2 Å². The number of nitrogens with one attached hydrogen (secondary N) is 1. The zero-order valence-electron chi connectivity index (χ0n) is 12.8. The number of aliphatic hydroxyl groups is 1. The number of rotatable bonds is 3. The molecule has 2 aliphatic rings. The van der Waals surface area contributed by atoms with E-state index in [-0.39, 0.29) is 18.0 Å². The molecule has 1 saturated heterocycles. The number of imide groups is 1. The van der Waals surface area contributed by atoms with E-state index in [9.17, 15) is 27.9 Å². The summed E-state index contributed by atoms with van der Waals surface area (Å²) in [5.74, 6) is -0.365. The van der Waals surface area contributed by atoms with Gasteiger partial charge in [0.2, 0.25) is 0 Å². The van der Waals surface area contributed by atoms with Gasteiger partial charge in [0, 0.05) is 0 Å². The SMILES string of the molecule is O=C1NC2(CCCC2)C(=O)N1C[C@@H](O)c1ccc(C(F)(F)F)cc1. The predicted molar refractivity (Wildman–Crippen MR) is 77.8 cm³/mol. The van der Waals surface area contributed by atoms with Crippen LogP contribution in [0.3, 0.4) is 0 Å². The number of alkyl halides is 3. The van der Waals surface area contributed by atoms with Gasteiger partial charge in [0.05, 0.1) is 18.2 Å². The quantitative estimate of drug-likeness (QED) is 0.830. The lowest BCUT2D eigenvalue weighted by atomic mass is 9.98. The molecule has 130 valence electrons. The molecule has 3 amide bonds. The molecule has 1 heterocycles. The molecule has 0 unspecified atom stereocenters. The third kappa shape index (κ3) is 2.86. The average Bonchev–Trinajstić information content (AvgIpc) is 3.08. The van der Waals surface area contributed by atoms with Crippen molar-refractivity contribution in [2.75, 3.05) is 6.54 Å². The van der Waals surface area contributed by atoms with Crippen molar-refractivity contribution in [1.82, 2.24) is 10.2 Å². The number of urea groups is 1. The Labute approximate surface area is 136 Å². The van der Waals surface area contributed by atoms with E-state index < -0.39 is 29.4 Å². The molecule has 5 nitrogen and oxygen atoms in total. The Balaban J connectivity index is 1.71. The first-order valence-electron chi connectivity index (χ1n) is 7.72. The fourth-order valence-electron chi connectivity index (χ4n) is 3.33. The van der Waals surface area contributed by atoms with Gasteiger partial charge in [0.1, 0.15) is 5.54 Å². The third-order valence-corrected chi connectivity index (χ3v) is 4.68. The second-order valence-electron chi connectivity index (χ2n) is 6.27. The summed E-state index contributed by atoms with van der Waals surface area (Å²) in [5, 5.41) is 12.9. The van der Waals surface area contributed by atoms with Crippen LogP contribution in [0.15, 0.2) is 24.3 Å². The Bertz CT molecular complexity index is 652. The van der Waals surface area contributed by atoms with E-state index in [4.69, 9.17) is 0 Å². The summed E-state index contributed by atoms with van der Waals surface area (Å²) in [7, 11) is 0. The standard InChI is InChI=1S/C16H17F3N2O3/c17-16(18,19)11-5-3-10(4-6-11)12(22)9-21-13(23)15(20-14(21)24)7-1-2-8-15/h3-6,12,22H,1-2,7-9H2,(H,20,24)/t12-/m1/s1. The van der Waals surface area contributed by atoms with Gasteiger partial charge in [-0.25, -0.2) is 4.79 Å². The lowest BCUT2D eigenvalue weighted by Gasteiger charge is -2.21. The summed E-state index contributed by atoms with van der Waals surface area (Å²) < 4.78 is 37.7. The first kappa shape index (κ1) is 16.8. The highest BCUT2D eigenvalue weighted by Gasteiger charge is 2.52. The summed E-state index contributed by atoms with van der Waals surface area (Å²) in [6.45, 7) is -0.280. The molecule has 3 rings (SSSR count). The van der Waals surface area contributed by atoms with Crippen LogP contribution in [-0.2, 0) is 11.0 Å². The Hall–Kier alpha value is -2.09. The van der Waals surface area contributed by atoms with Crippen LogP contribution in [0.2, 0.25) is 0 Å². The lowest BCUT2D eigenvalue weighted by Crippen LogP contribution is -2.44. The maximum absolute atomic E-state index is 12.6. The summed E-state index contributed by atoms with van der Waals surface area (Å²) in [6, 6.07) is 3.47. The highest BCUT2D eigenvalue weighted by molar-refractivity contribution is 6.07. The van der Waals surface area contributed by atoms with Gasteiger partial charge in [-0.2, -0.15) is 13.2 Å². The molecule has 0 aromatic heterocycles. The Morgan fingerprint density at radius 1 is 1.17 bits per heavy atom. The van der Waals surface area contributed by atoms with Gasteiger partial charge < -0.3 is 10.4 Å². The Morgan fingerprint density at radius 2 is 1.75 bits per heavy atom. The van der Waals surface area contributed by atoms with E-state index >= 15 is 0 Å². The monoisotopic (exact) mass is 342 g/mol. The van der Waals surface area contributed by atoms with Crippen molar-refractivity contribution in [1.29, 1.82) is 0 Å². The number of nitrogens with zero attached hydrogens (tertiary/aromatic N) is 1. The van der Waals surface area contributed by atoms with Crippen LogP contribution in [0.1, 0.15) is 42.9 Å². The minimum atomic E-state index is -4.46. The number of hydrogen-bond acceptors (Lipinski definition) is 3. The van der Waals surface area contributed by atoms with Crippen LogP contribution in [-0.4, -0.2) is 34.0 Å². The van der Waals surface area contributed by atoms with E-state index in [1.54, 1.807) is 0 Å². The van der Waals surface area contributed by atoms with Crippen molar-refractivity contribution in [2.24, 2.45) is 0 Å². The molecule has 2 fully saturated rings. The number of halogens is 3. The maximum Gasteiger partial charge on any atom is 0.416 e. The van der Waals surface area contributed by atoms with E-state index in [1.807, 2.05) is 0 Å². The van der Waals surface area contributed by atoms with Crippen molar-refractivity contribution >= 4 is 11.9 Å². The van der Waals surface area contributed by atoms with Crippen LogP contribution < -0.4 is 5.32 Å². The van der Waals surface area contributed by atoms with Crippen molar-refractivity contribution in [3.63, 3.8) is 0 Å². The van der Waals surface area contributed by atoms with Crippen molar-refractivity contribution in [2.45, 2.75) is 43.5 Å². The smallest absolute Gasteiger partial charge is 0.387 e. The molecule has 2 N–H and O–H groups in total. The summed E-state index contributed by atoms with van der Waals surface area (Å²) >= 11 is 0. The highest BCUT2D eigenvalue weighted by atomic mass is 19.4. The number of β-amino-alcohol motifs (C(OH)–C–C–N with tert-alkyl or cyclic N) is 1. The second kappa shape index (κ2) is 5.77. The van der Waals surface area contributed by atoms with Crippen molar-refractivity contribution in [3.8, 4) is 0 Å². The van der Waals surface area contributed by atoms with E-state index in [0.29, 0.717) is 12.8 Å². The lowest BCUT2D eigenvalue weighted by molar-refractivity contribution is -0.137. The summed E-state index contributed by atoms with van der Waals surface area (Å²) in [4.78, 5) is 25.5.